The lowest BCUT2D eigenvalue weighted by Gasteiger charge is -2.08. The largest absolute Gasteiger partial charge is 0.288 e. The summed E-state index contributed by atoms with van der Waals surface area (Å²) >= 11 is 6.76. The Morgan fingerprint density at radius 3 is 1.78 bits per heavy atom. The summed E-state index contributed by atoms with van der Waals surface area (Å²) in [6.45, 7) is 0. The molecule has 2 aromatic rings. The molecule has 0 aliphatic heterocycles. The van der Waals surface area contributed by atoms with E-state index in [9.17, 15) is 4.79 Å². The first kappa shape index (κ1) is 13.4. The van der Waals surface area contributed by atoms with E-state index in [1.807, 2.05) is 12.1 Å². The Kier molecular flexibility index (Phi) is 4.60. The third kappa shape index (κ3) is 2.67. The Balaban J connectivity index is 2.48. The number of aromatic nitrogens is 2. The third-order valence-corrected chi connectivity index (χ3v) is 3.81. The lowest BCUT2D eigenvalue weighted by atomic mass is 9.99. The van der Waals surface area contributed by atoms with E-state index in [0.717, 1.165) is 11.1 Å². The van der Waals surface area contributed by atoms with E-state index in [1.165, 1.54) is 0 Å². The van der Waals surface area contributed by atoms with Crippen molar-refractivity contribution < 1.29 is 4.79 Å². The molecule has 92 valence electrons. The monoisotopic (exact) mass is 368 g/mol. The molecule has 18 heavy (non-hydrogen) atoms. The van der Waals surface area contributed by atoms with E-state index < -0.39 is 0 Å². The molecule has 0 radical (unpaired) electrons. The zero-order valence-corrected chi connectivity index (χ0v) is 12.6. The minimum absolute atomic E-state index is 0.0416. The van der Waals surface area contributed by atoms with Gasteiger partial charge in [-0.2, -0.15) is 0 Å². The van der Waals surface area contributed by atoms with Gasteiger partial charge in [0.05, 0.1) is 0 Å². The van der Waals surface area contributed by atoms with Gasteiger partial charge < -0.3 is 0 Å². The summed E-state index contributed by atoms with van der Waals surface area (Å²) in [5.74, 6) is -0.0416. The maximum Gasteiger partial charge on any atom is 0.196 e. The highest BCUT2D eigenvalue weighted by Crippen LogP contribution is 2.19. The Hall–Kier alpha value is -1.07. The second-order valence-electron chi connectivity index (χ2n) is 3.66. The number of carbonyl (C=O) groups is 1. The quantitative estimate of drug-likeness (QED) is 0.611. The van der Waals surface area contributed by atoms with E-state index >= 15 is 0 Å². The summed E-state index contributed by atoms with van der Waals surface area (Å²) in [6, 6.07) is 3.68. The molecule has 0 aliphatic rings. The number of nitrogens with zero attached hydrogens (tertiary/aromatic N) is 2. The van der Waals surface area contributed by atoms with Crippen LogP contribution in [0.1, 0.15) is 27.0 Å². The van der Waals surface area contributed by atoms with Crippen LogP contribution >= 0.6 is 31.9 Å². The predicted molar refractivity (Wildman–Crippen MR) is 77.2 cm³/mol. The lowest BCUT2D eigenvalue weighted by Crippen LogP contribution is -2.08. The summed E-state index contributed by atoms with van der Waals surface area (Å²) in [7, 11) is 0. The van der Waals surface area contributed by atoms with Crippen molar-refractivity contribution in [3.05, 3.63) is 59.2 Å². The van der Waals surface area contributed by atoms with E-state index in [-0.39, 0.29) is 5.78 Å². The summed E-state index contributed by atoms with van der Waals surface area (Å²) in [5.41, 5.74) is 3.09. The normalized spacial score (nSPS) is 10.3. The van der Waals surface area contributed by atoms with Crippen LogP contribution in [-0.4, -0.2) is 15.8 Å². The molecule has 0 unspecified atom stereocenters. The van der Waals surface area contributed by atoms with Crippen LogP contribution in [0.15, 0.2) is 36.9 Å². The number of carbonyl (C=O) groups excluding carboxylic acids is 1. The van der Waals surface area contributed by atoms with Crippen LogP contribution in [-0.2, 0) is 10.7 Å². The molecular formula is C13H10Br2N2O. The molecule has 2 rings (SSSR count). The van der Waals surface area contributed by atoms with Crippen LogP contribution in [0, 0.1) is 0 Å². The van der Waals surface area contributed by atoms with Crippen molar-refractivity contribution in [2.75, 3.05) is 0 Å². The molecule has 0 aliphatic carbocycles. The van der Waals surface area contributed by atoms with Gasteiger partial charge in [0, 0.05) is 46.6 Å². The van der Waals surface area contributed by atoms with Gasteiger partial charge in [-0.1, -0.05) is 31.9 Å². The van der Waals surface area contributed by atoms with Crippen LogP contribution in [0.2, 0.25) is 0 Å². The van der Waals surface area contributed by atoms with Crippen molar-refractivity contribution in [1.82, 2.24) is 9.97 Å². The maximum absolute atomic E-state index is 12.5. The minimum Gasteiger partial charge on any atom is -0.288 e. The standard InChI is InChI=1S/C13H10Br2N2O/c14-5-9-1-3-16-7-11(9)13(18)12-8-17-4-2-10(12)6-15/h1-4,7-8H,5-6H2. The van der Waals surface area contributed by atoms with E-state index in [4.69, 9.17) is 0 Å². The van der Waals surface area contributed by atoms with Gasteiger partial charge >= 0.3 is 0 Å². The Labute approximate surface area is 122 Å². The average Bonchev–Trinajstić information content (AvgIpc) is 2.46. The van der Waals surface area contributed by atoms with Crippen molar-refractivity contribution in [3.63, 3.8) is 0 Å². The zero-order valence-electron chi connectivity index (χ0n) is 9.44. The molecule has 5 heteroatoms. The Bertz CT molecular complexity index is 523. The molecule has 0 bridgehead atoms. The molecule has 0 saturated carbocycles. The van der Waals surface area contributed by atoms with Gasteiger partial charge in [-0.15, -0.1) is 0 Å². The molecular weight excluding hydrogens is 360 g/mol. The highest BCUT2D eigenvalue weighted by molar-refractivity contribution is 9.08. The zero-order chi connectivity index (χ0) is 13.0. The van der Waals surface area contributed by atoms with Gasteiger partial charge in [-0.3, -0.25) is 14.8 Å². The van der Waals surface area contributed by atoms with Gasteiger partial charge in [-0.25, -0.2) is 0 Å². The number of halogens is 2. The highest BCUT2D eigenvalue weighted by atomic mass is 79.9. The first-order valence-corrected chi connectivity index (χ1v) is 7.54. The smallest absolute Gasteiger partial charge is 0.196 e. The van der Waals surface area contributed by atoms with Crippen LogP contribution in [0.25, 0.3) is 0 Å². The fraction of sp³-hybridized carbons (Fsp3) is 0.154. The number of ketones is 1. The van der Waals surface area contributed by atoms with Gasteiger partial charge in [0.25, 0.3) is 0 Å². The third-order valence-electron chi connectivity index (χ3n) is 2.60. The Morgan fingerprint density at radius 1 is 0.944 bits per heavy atom. The van der Waals surface area contributed by atoms with Crippen LogP contribution in [0.4, 0.5) is 0 Å². The van der Waals surface area contributed by atoms with E-state index in [2.05, 4.69) is 41.8 Å². The Morgan fingerprint density at radius 2 is 1.39 bits per heavy atom. The van der Waals surface area contributed by atoms with Crippen molar-refractivity contribution >= 4 is 37.6 Å². The molecule has 3 nitrogen and oxygen atoms in total. The molecule has 0 fully saturated rings. The van der Waals surface area contributed by atoms with Gasteiger partial charge in [-0.05, 0) is 23.3 Å². The van der Waals surface area contributed by atoms with E-state index in [0.29, 0.717) is 21.8 Å². The second kappa shape index (κ2) is 6.20. The van der Waals surface area contributed by atoms with E-state index in [1.54, 1.807) is 24.8 Å². The first-order valence-electron chi connectivity index (χ1n) is 5.30. The molecule has 0 atom stereocenters. The van der Waals surface area contributed by atoms with Crippen LogP contribution in [0.5, 0.6) is 0 Å². The minimum atomic E-state index is -0.0416. The number of hydrogen-bond acceptors (Lipinski definition) is 3. The van der Waals surface area contributed by atoms with Crippen LogP contribution in [0.3, 0.4) is 0 Å². The molecule has 0 spiro atoms. The van der Waals surface area contributed by atoms with Crippen LogP contribution < -0.4 is 0 Å². The van der Waals surface area contributed by atoms with Crippen molar-refractivity contribution in [2.45, 2.75) is 10.7 Å². The first-order chi connectivity index (χ1) is 8.77. The molecule has 0 N–H and O–H groups in total. The molecule has 0 aromatic carbocycles. The van der Waals surface area contributed by atoms with Crippen molar-refractivity contribution in [3.8, 4) is 0 Å². The SMILES string of the molecule is O=C(c1cnccc1CBr)c1cnccc1CBr. The summed E-state index contributed by atoms with van der Waals surface area (Å²) in [6.07, 6.45) is 6.57. The summed E-state index contributed by atoms with van der Waals surface area (Å²) in [5, 5.41) is 1.25. The fourth-order valence-corrected chi connectivity index (χ4v) is 2.61. The van der Waals surface area contributed by atoms with Crippen molar-refractivity contribution in [1.29, 1.82) is 0 Å². The number of pyridine rings is 2. The topological polar surface area (TPSA) is 42.9 Å². The summed E-state index contributed by atoms with van der Waals surface area (Å²) < 4.78 is 0. The van der Waals surface area contributed by atoms with Gasteiger partial charge in [0.2, 0.25) is 0 Å². The molecule has 2 aromatic heterocycles. The maximum atomic E-state index is 12.5. The van der Waals surface area contributed by atoms with Gasteiger partial charge in [0.15, 0.2) is 5.78 Å². The number of alkyl halides is 2. The van der Waals surface area contributed by atoms with Crippen molar-refractivity contribution in [2.24, 2.45) is 0 Å². The number of hydrogen-bond donors (Lipinski definition) is 0. The fourth-order valence-electron chi connectivity index (χ4n) is 1.63. The number of rotatable bonds is 4. The second-order valence-corrected chi connectivity index (χ2v) is 4.78. The molecule has 2 heterocycles. The molecule has 0 saturated heterocycles. The summed E-state index contributed by atoms with van der Waals surface area (Å²) in [4.78, 5) is 20.5. The molecule has 0 amide bonds. The lowest BCUT2D eigenvalue weighted by molar-refractivity contribution is 0.103. The highest BCUT2D eigenvalue weighted by Gasteiger charge is 2.16. The average molecular weight is 370 g/mol. The predicted octanol–water partition coefficient (Wildman–Crippen LogP) is 3.50. The van der Waals surface area contributed by atoms with Gasteiger partial charge in [0.1, 0.15) is 0 Å².